The van der Waals surface area contributed by atoms with E-state index in [0.29, 0.717) is 18.1 Å². The average molecular weight is 526 g/mol. The third kappa shape index (κ3) is 8.88. The molecule has 2 heterocycles. The summed E-state index contributed by atoms with van der Waals surface area (Å²) in [6.45, 7) is 4.28. The highest BCUT2D eigenvalue weighted by atomic mass is 127. The first-order chi connectivity index (χ1) is 13.3. The lowest BCUT2D eigenvalue weighted by Gasteiger charge is -2.15. The van der Waals surface area contributed by atoms with E-state index in [0.717, 1.165) is 24.4 Å². The summed E-state index contributed by atoms with van der Waals surface area (Å²) < 4.78 is 43.8. The number of halogens is 4. The number of aromatic nitrogens is 3. The Hall–Kier alpha value is -2.05. The zero-order chi connectivity index (χ0) is 20.6. The maximum Gasteiger partial charge on any atom is 0.422 e. The van der Waals surface area contributed by atoms with Gasteiger partial charge in [-0.15, -0.1) is 24.0 Å². The molecule has 162 valence electrons. The van der Waals surface area contributed by atoms with Crippen LogP contribution in [0.25, 0.3) is 0 Å². The lowest BCUT2D eigenvalue weighted by molar-refractivity contribution is -0.154. The Morgan fingerprint density at radius 2 is 2.03 bits per heavy atom. The van der Waals surface area contributed by atoms with E-state index in [9.17, 15) is 13.2 Å². The van der Waals surface area contributed by atoms with Crippen LogP contribution < -0.4 is 15.4 Å². The van der Waals surface area contributed by atoms with Crippen LogP contribution in [0, 0.1) is 13.8 Å². The molecule has 0 aliphatic rings. The predicted molar refractivity (Wildman–Crippen MR) is 116 cm³/mol. The van der Waals surface area contributed by atoms with Gasteiger partial charge in [-0.1, -0.05) is 6.07 Å². The van der Waals surface area contributed by atoms with E-state index in [4.69, 9.17) is 4.74 Å². The molecule has 0 aliphatic heterocycles. The molecule has 2 rings (SSSR count). The Morgan fingerprint density at radius 3 is 2.66 bits per heavy atom. The lowest BCUT2D eigenvalue weighted by Crippen LogP contribution is -2.37. The molecule has 0 radical (unpaired) electrons. The van der Waals surface area contributed by atoms with Crippen LogP contribution in [0.4, 0.5) is 13.2 Å². The number of nitrogens with one attached hydrogen (secondary N) is 2. The van der Waals surface area contributed by atoms with Crippen LogP contribution in [0.15, 0.2) is 29.4 Å². The Balaban J connectivity index is 0.00000420. The number of aryl methyl sites for hydroxylation is 3. The van der Waals surface area contributed by atoms with Crippen LogP contribution in [0.2, 0.25) is 0 Å². The molecule has 0 aliphatic carbocycles. The summed E-state index contributed by atoms with van der Waals surface area (Å²) >= 11 is 0. The van der Waals surface area contributed by atoms with Crippen molar-refractivity contribution in [3.8, 4) is 5.88 Å². The first-order valence-corrected chi connectivity index (χ1v) is 8.87. The third-order valence-electron chi connectivity index (χ3n) is 3.83. The van der Waals surface area contributed by atoms with Crippen molar-refractivity contribution in [2.45, 2.75) is 39.5 Å². The number of pyridine rings is 1. The highest BCUT2D eigenvalue weighted by molar-refractivity contribution is 14.0. The average Bonchev–Trinajstić information content (AvgIpc) is 2.96. The Morgan fingerprint density at radius 1 is 1.28 bits per heavy atom. The van der Waals surface area contributed by atoms with Gasteiger partial charge in [0.2, 0.25) is 5.88 Å². The number of alkyl halides is 3. The molecule has 0 fully saturated rings. The molecule has 2 N–H and O–H groups in total. The Kier molecular flexibility index (Phi) is 10.2. The molecular weight excluding hydrogens is 500 g/mol. The second-order valence-corrected chi connectivity index (χ2v) is 6.23. The van der Waals surface area contributed by atoms with Crippen LogP contribution in [0.5, 0.6) is 5.88 Å². The minimum Gasteiger partial charge on any atom is -0.468 e. The largest absolute Gasteiger partial charge is 0.468 e. The zero-order valence-electron chi connectivity index (χ0n) is 16.6. The molecule has 11 heteroatoms. The molecule has 0 saturated heterocycles. The number of rotatable bonds is 8. The number of ether oxygens (including phenoxy) is 1. The van der Waals surface area contributed by atoms with Crippen molar-refractivity contribution in [1.82, 2.24) is 25.4 Å². The summed E-state index contributed by atoms with van der Waals surface area (Å²) in [6, 6.07) is 5.32. The molecule has 0 atom stereocenters. The van der Waals surface area contributed by atoms with Crippen LogP contribution >= 0.6 is 24.0 Å². The molecule has 0 unspecified atom stereocenters. The topological polar surface area (TPSA) is 76.4 Å². The van der Waals surface area contributed by atoms with Crippen molar-refractivity contribution in [3.05, 3.63) is 41.3 Å². The summed E-state index contributed by atoms with van der Waals surface area (Å²) in [6.07, 6.45) is -2.18. The highest BCUT2D eigenvalue weighted by Crippen LogP contribution is 2.19. The monoisotopic (exact) mass is 526 g/mol. The van der Waals surface area contributed by atoms with Crippen molar-refractivity contribution >= 4 is 29.9 Å². The van der Waals surface area contributed by atoms with Gasteiger partial charge in [0.25, 0.3) is 0 Å². The van der Waals surface area contributed by atoms with E-state index >= 15 is 0 Å². The number of hydrogen-bond acceptors (Lipinski definition) is 4. The molecule has 29 heavy (non-hydrogen) atoms. The fourth-order valence-corrected chi connectivity index (χ4v) is 2.58. The third-order valence-corrected chi connectivity index (χ3v) is 3.83. The first kappa shape index (κ1) is 25.0. The molecule has 2 aromatic heterocycles. The van der Waals surface area contributed by atoms with Gasteiger partial charge in [0, 0.05) is 44.1 Å². The second-order valence-electron chi connectivity index (χ2n) is 6.23. The van der Waals surface area contributed by atoms with Gasteiger partial charge in [0.05, 0.1) is 5.69 Å². The maximum absolute atomic E-state index is 12.4. The van der Waals surface area contributed by atoms with Crippen molar-refractivity contribution in [1.29, 1.82) is 0 Å². The zero-order valence-corrected chi connectivity index (χ0v) is 18.9. The second kappa shape index (κ2) is 11.8. The van der Waals surface area contributed by atoms with Gasteiger partial charge in [-0.3, -0.25) is 9.67 Å². The van der Waals surface area contributed by atoms with Crippen molar-refractivity contribution in [2.24, 2.45) is 4.99 Å². The standard InChI is InChI=1S/C18H25F3N6O.HI/c1-13-10-14(2)27(26-13)9-5-8-24-17(22-3)25-11-15-6-4-7-23-16(15)28-12-18(19,20)21;/h4,6-7,10H,5,8-9,11-12H2,1-3H3,(H2,22,24,25);1H. The molecule has 0 amide bonds. The number of hydrogen-bond donors (Lipinski definition) is 2. The van der Waals surface area contributed by atoms with E-state index in [2.05, 4.69) is 25.7 Å². The van der Waals surface area contributed by atoms with Gasteiger partial charge in [0.1, 0.15) is 0 Å². The van der Waals surface area contributed by atoms with Crippen LogP contribution in [0.1, 0.15) is 23.4 Å². The number of guanidine groups is 1. The smallest absolute Gasteiger partial charge is 0.422 e. The summed E-state index contributed by atoms with van der Waals surface area (Å²) in [7, 11) is 1.63. The molecule has 0 aromatic carbocycles. The highest BCUT2D eigenvalue weighted by Gasteiger charge is 2.29. The fraction of sp³-hybridized carbons (Fsp3) is 0.500. The predicted octanol–water partition coefficient (Wildman–Crippen LogP) is 3.21. The quantitative estimate of drug-likeness (QED) is 0.239. The van der Waals surface area contributed by atoms with E-state index in [1.165, 1.54) is 6.20 Å². The Bertz CT molecular complexity index is 794. The van der Waals surface area contributed by atoms with Gasteiger partial charge < -0.3 is 15.4 Å². The minimum atomic E-state index is -4.41. The molecule has 0 saturated carbocycles. The molecule has 7 nitrogen and oxygen atoms in total. The summed E-state index contributed by atoms with van der Waals surface area (Å²) in [4.78, 5) is 7.99. The fourth-order valence-electron chi connectivity index (χ4n) is 2.58. The van der Waals surface area contributed by atoms with Crippen molar-refractivity contribution < 1.29 is 17.9 Å². The minimum absolute atomic E-state index is 0. The molecule has 0 spiro atoms. The molecular formula is C18H26F3IN6O. The summed E-state index contributed by atoms with van der Waals surface area (Å²) in [5.74, 6) is 0.492. The van der Waals surface area contributed by atoms with E-state index in [1.54, 1.807) is 19.2 Å². The summed E-state index contributed by atoms with van der Waals surface area (Å²) in [5.41, 5.74) is 2.61. The summed E-state index contributed by atoms with van der Waals surface area (Å²) in [5, 5.41) is 10.6. The molecule has 2 aromatic rings. The van der Waals surface area contributed by atoms with Crippen LogP contribution in [-0.2, 0) is 13.1 Å². The normalized spacial score (nSPS) is 11.7. The van der Waals surface area contributed by atoms with Gasteiger partial charge in [-0.2, -0.15) is 18.3 Å². The van der Waals surface area contributed by atoms with E-state index in [1.807, 2.05) is 24.6 Å². The van der Waals surface area contributed by atoms with Gasteiger partial charge in [-0.25, -0.2) is 4.98 Å². The van der Waals surface area contributed by atoms with Gasteiger partial charge in [-0.05, 0) is 32.4 Å². The first-order valence-electron chi connectivity index (χ1n) is 8.87. The van der Waals surface area contributed by atoms with Gasteiger partial charge >= 0.3 is 6.18 Å². The number of aliphatic imine (C=N–C) groups is 1. The SMILES string of the molecule is CN=C(NCCCn1nc(C)cc1C)NCc1cccnc1OCC(F)(F)F.I. The Labute approximate surface area is 185 Å². The molecule has 0 bridgehead atoms. The van der Waals surface area contributed by atoms with Crippen LogP contribution in [0.3, 0.4) is 0 Å². The van der Waals surface area contributed by atoms with Crippen molar-refractivity contribution in [2.75, 3.05) is 20.2 Å². The van der Waals surface area contributed by atoms with E-state index < -0.39 is 12.8 Å². The maximum atomic E-state index is 12.4. The van der Waals surface area contributed by atoms with Gasteiger partial charge in [0.15, 0.2) is 12.6 Å². The lowest BCUT2D eigenvalue weighted by atomic mass is 10.2. The van der Waals surface area contributed by atoms with Crippen LogP contribution in [-0.4, -0.2) is 47.1 Å². The number of nitrogens with zero attached hydrogens (tertiary/aromatic N) is 4. The van der Waals surface area contributed by atoms with E-state index in [-0.39, 0.29) is 36.4 Å². The van der Waals surface area contributed by atoms with Crippen molar-refractivity contribution in [3.63, 3.8) is 0 Å².